The van der Waals surface area contributed by atoms with Gasteiger partial charge >= 0.3 is 0 Å². The third-order valence-corrected chi connectivity index (χ3v) is 5.04. The number of allylic oxidation sites excluding steroid dienone is 2. The van der Waals surface area contributed by atoms with Crippen molar-refractivity contribution in [1.29, 1.82) is 0 Å². The molecule has 6 atom stereocenters. The summed E-state index contributed by atoms with van der Waals surface area (Å²) in [6.07, 6.45) is 15.6. The molecule has 0 saturated heterocycles. The second kappa shape index (κ2) is 5.18. The number of hydrogen-bond donors (Lipinski definition) is 0. The van der Waals surface area contributed by atoms with Gasteiger partial charge in [0, 0.05) is 26.1 Å². The molecular weight excluding hydrogens is 224 g/mol. The van der Waals surface area contributed by atoms with Crippen LogP contribution in [0.2, 0.25) is 0 Å². The van der Waals surface area contributed by atoms with Gasteiger partial charge in [-0.05, 0) is 37.5 Å². The third kappa shape index (κ3) is 2.28. The molecule has 18 heavy (non-hydrogen) atoms. The Labute approximate surface area is 110 Å². The van der Waals surface area contributed by atoms with Crippen molar-refractivity contribution in [3.63, 3.8) is 0 Å². The monoisotopic (exact) mass is 248 g/mol. The summed E-state index contributed by atoms with van der Waals surface area (Å²) in [6.45, 7) is 0. The zero-order valence-corrected chi connectivity index (χ0v) is 11.4. The van der Waals surface area contributed by atoms with Gasteiger partial charge < -0.3 is 9.47 Å². The lowest BCUT2D eigenvalue weighted by atomic mass is 10.1. The highest BCUT2D eigenvalue weighted by molar-refractivity contribution is 5.11. The summed E-state index contributed by atoms with van der Waals surface area (Å²) in [7, 11) is 3.64. The first-order chi connectivity index (χ1) is 8.80. The Morgan fingerprint density at radius 1 is 0.667 bits per heavy atom. The summed E-state index contributed by atoms with van der Waals surface area (Å²) in [5.74, 6) is 3.19. The Kier molecular flexibility index (Phi) is 3.58. The van der Waals surface area contributed by atoms with E-state index >= 15 is 0 Å². The van der Waals surface area contributed by atoms with E-state index < -0.39 is 0 Å². The van der Waals surface area contributed by atoms with Crippen LogP contribution in [0.25, 0.3) is 0 Å². The van der Waals surface area contributed by atoms with E-state index in [1.165, 1.54) is 25.7 Å². The van der Waals surface area contributed by atoms with Gasteiger partial charge in [0.15, 0.2) is 0 Å². The Morgan fingerprint density at radius 3 is 1.28 bits per heavy atom. The molecule has 2 saturated carbocycles. The van der Waals surface area contributed by atoms with Crippen molar-refractivity contribution in [1.82, 2.24) is 0 Å². The second-order valence-corrected chi connectivity index (χ2v) is 6.11. The van der Waals surface area contributed by atoms with E-state index in [4.69, 9.17) is 9.47 Å². The van der Waals surface area contributed by atoms with Gasteiger partial charge in [-0.1, -0.05) is 24.3 Å². The Morgan fingerprint density at radius 2 is 1.11 bits per heavy atom. The largest absolute Gasteiger partial charge is 0.381 e. The molecule has 2 nitrogen and oxygen atoms in total. The van der Waals surface area contributed by atoms with Crippen molar-refractivity contribution >= 4 is 0 Å². The van der Waals surface area contributed by atoms with E-state index in [1.54, 1.807) is 0 Å². The quantitative estimate of drug-likeness (QED) is 0.699. The molecule has 4 bridgehead atoms. The van der Waals surface area contributed by atoms with Crippen LogP contribution < -0.4 is 0 Å². The van der Waals surface area contributed by atoms with Crippen molar-refractivity contribution in [3.05, 3.63) is 24.3 Å². The summed E-state index contributed by atoms with van der Waals surface area (Å²) in [4.78, 5) is 0. The molecule has 4 rings (SSSR count). The highest BCUT2D eigenvalue weighted by atomic mass is 16.5. The molecule has 0 spiro atoms. The summed E-state index contributed by atoms with van der Waals surface area (Å²) in [5, 5.41) is 0. The summed E-state index contributed by atoms with van der Waals surface area (Å²) >= 11 is 0. The van der Waals surface area contributed by atoms with Crippen LogP contribution in [0.1, 0.15) is 25.7 Å². The fraction of sp³-hybridized carbons (Fsp3) is 0.750. The van der Waals surface area contributed by atoms with Crippen molar-refractivity contribution < 1.29 is 9.47 Å². The fourth-order valence-corrected chi connectivity index (χ4v) is 4.00. The van der Waals surface area contributed by atoms with Crippen LogP contribution in [0.4, 0.5) is 0 Å². The van der Waals surface area contributed by atoms with E-state index in [9.17, 15) is 0 Å². The first-order valence-corrected chi connectivity index (χ1v) is 7.22. The van der Waals surface area contributed by atoms with Crippen LogP contribution >= 0.6 is 0 Å². The molecule has 0 radical (unpaired) electrons. The molecule has 0 heterocycles. The maximum Gasteiger partial charge on any atom is 0.0639 e. The molecule has 0 aromatic heterocycles. The van der Waals surface area contributed by atoms with Crippen molar-refractivity contribution in [2.75, 3.05) is 14.2 Å². The molecule has 0 aromatic rings. The molecule has 2 fully saturated rings. The second-order valence-electron chi connectivity index (χ2n) is 6.11. The first kappa shape index (κ1) is 12.4. The molecule has 0 aromatic carbocycles. The van der Waals surface area contributed by atoms with Gasteiger partial charge in [-0.2, -0.15) is 0 Å². The molecule has 0 aliphatic heterocycles. The highest BCUT2D eigenvalue weighted by Gasteiger charge is 2.36. The molecule has 6 unspecified atom stereocenters. The molecule has 2 heteroatoms. The third-order valence-electron chi connectivity index (χ3n) is 5.04. The van der Waals surface area contributed by atoms with Gasteiger partial charge in [0.25, 0.3) is 0 Å². The van der Waals surface area contributed by atoms with Gasteiger partial charge in [-0.25, -0.2) is 0 Å². The molecule has 100 valence electrons. The van der Waals surface area contributed by atoms with Crippen molar-refractivity contribution in [3.8, 4) is 0 Å². The van der Waals surface area contributed by atoms with Crippen LogP contribution in [0.5, 0.6) is 0 Å². The van der Waals surface area contributed by atoms with E-state index in [1.807, 2.05) is 14.2 Å². The minimum Gasteiger partial charge on any atom is -0.381 e. The van der Waals surface area contributed by atoms with Crippen LogP contribution in [0.3, 0.4) is 0 Å². The zero-order chi connectivity index (χ0) is 12.5. The maximum atomic E-state index is 5.29. The molecular formula is C16H24O2. The van der Waals surface area contributed by atoms with Crippen LogP contribution in [0, 0.1) is 23.7 Å². The molecule has 0 amide bonds. The lowest BCUT2D eigenvalue weighted by Gasteiger charge is -2.14. The maximum absolute atomic E-state index is 5.29. The lowest BCUT2D eigenvalue weighted by Crippen LogP contribution is -2.15. The standard InChI is InChI=1S/2C8H12O/c2*1-9-8-5-6-2-3-7(8)4-6/h2*2-3,6-8H,4-5H2,1H3. The molecule has 0 N–H and O–H groups in total. The van der Waals surface area contributed by atoms with Gasteiger partial charge in [-0.3, -0.25) is 0 Å². The highest BCUT2D eigenvalue weighted by Crippen LogP contribution is 2.40. The fourth-order valence-electron chi connectivity index (χ4n) is 4.00. The number of rotatable bonds is 2. The average Bonchev–Trinajstić information content (AvgIpc) is 3.17. The van der Waals surface area contributed by atoms with Crippen LogP contribution in [0.15, 0.2) is 24.3 Å². The Bertz CT molecular complexity index is 313. The number of hydrogen-bond acceptors (Lipinski definition) is 2. The summed E-state index contributed by atoms with van der Waals surface area (Å²) in [5.41, 5.74) is 0. The number of ether oxygens (including phenoxy) is 2. The van der Waals surface area contributed by atoms with Gasteiger partial charge in [0.1, 0.15) is 0 Å². The van der Waals surface area contributed by atoms with Crippen LogP contribution in [-0.4, -0.2) is 26.4 Å². The number of methoxy groups -OCH3 is 2. The van der Waals surface area contributed by atoms with E-state index in [2.05, 4.69) is 24.3 Å². The normalized spacial score (nSPS) is 46.6. The van der Waals surface area contributed by atoms with Crippen LogP contribution in [-0.2, 0) is 9.47 Å². The lowest BCUT2D eigenvalue weighted by molar-refractivity contribution is 0.0824. The average molecular weight is 248 g/mol. The smallest absolute Gasteiger partial charge is 0.0639 e. The zero-order valence-electron chi connectivity index (χ0n) is 11.4. The first-order valence-electron chi connectivity index (χ1n) is 7.22. The molecule has 4 aliphatic carbocycles. The van der Waals surface area contributed by atoms with Gasteiger partial charge in [0.05, 0.1) is 12.2 Å². The summed E-state index contributed by atoms with van der Waals surface area (Å²) in [6, 6.07) is 0. The minimum atomic E-state index is 0.542. The predicted molar refractivity (Wildman–Crippen MR) is 72.3 cm³/mol. The predicted octanol–water partition coefficient (Wildman–Crippen LogP) is 3.19. The summed E-state index contributed by atoms with van der Waals surface area (Å²) < 4.78 is 10.6. The van der Waals surface area contributed by atoms with Crippen molar-refractivity contribution in [2.45, 2.75) is 37.9 Å². The Hall–Kier alpha value is -0.600. The Balaban J connectivity index is 0.000000111. The molecule has 4 aliphatic rings. The van der Waals surface area contributed by atoms with E-state index in [0.29, 0.717) is 12.2 Å². The van der Waals surface area contributed by atoms with E-state index in [-0.39, 0.29) is 0 Å². The topological polar surface area (TPSA) is 18.5 Å². The minimum absolute atomic E-state index is 0.542. The van der Waals surface area contributed by atoms with Crippen molar-refractivity contribution in [2.24, 2.45) is 23.7 Å². The van der Waals surface area contributed by atoms with E-state index in [0.717, 1.165) is 23.7 Å². The number of fused-ring (bicyclic) bond motifs is 4. The van der Waals surface area contributed by atoms with Gasteiger partial charge in [-0.15, -0.1) is 0 Å². The SMILES string of the molecule is COC1CC2C=CC1C2.COC1CC2C=CC1C2. The van der Waals surface area contributed by atoms with Gasteiger partial charge in [0.2, 0.25) is 0 Å².